The van der Waals surface area contributed by atoms with Gasteiger partial charge < -0.3 is 20.7 Å². The Morgan fingerprint density at radius 1 is 1.63 bits per heavy atom. The summed E-state index contributed by atoms with van der Waals surface area (Å²) in [5.74, 6) is 0.932. The molecule has 1 fully saturated rings. The van der Waals surface area contributed by atoms with Gasteiger partial charge in [0.05, 0.1) is 6.61 Å². The number of nitrogens with one attached hydrogen (secondary N) is 1. The number of nitrogen functional groups attached to an aromatic ring is 1. The average Bonchev–Trinajstić information content (AvgIpc) is 3.11. The molecule has 0 aromatic carbocycles. The molecule has 1 amide bonds. The van der Waals surface area contributed by atoms with Crippen LogP contribution in [0.2, 0.25) is 0 Å². The lowest BCUT2D eigenvalue weighted by Gasteiger charge is -2.15. The molecule has 1 aliphatic rings. The van der Waals surface area contributed by atoms with E-state index >= 15 is 0 Å². The van der Waals surface area contributed by atoms with Crippen LogP contribution in [0.1, 0.15) is 22.5 Å². The molecule has 3 N–H and O–H groups in total. The van der Waals surface area contributed by atoms with E-state index in [4.69, 9.17) is 10.5 Å². The highest BCUT2D eigenvalue weighted by atomic mass is 32.1. The molecule has 0 unspecified atom stereocenters. The summed E-state index contributed by atoms with van der Waals surface area (Å²) >= 11 is 1.30. The molecule has 0 atom stereocenters. The first-order valence-electron chi connectivity index (χ1n) is 6.36. The zero-order valence-corrected chi connectivity index (χ0v) is 12.1. The van der Waals surface area contributed by atoms with Gasteiger partial charge in [-0.15, -0.1) is 0 Å². The molecule has 0 spiro atoms. The first-order valence-corrected chi connectivity index (χ1v) is 7.18. The first-order chi connectivity index (χ1) is 9.11. The summed E-state index contributed by atoms with van der Waals surface area (Å²) in [5.41, 5.74) is 5.81. The predicted molar refractivity (Wildman–Crippen MR) is 76.6 cm³/mol. The number of hydrogen-bond acceptors (Lipinski definition) is 6. The molecule has 0 bridgehead atoms. The van der Waals surface area contributed by atoms with Crippen molar-refractivity contribution in [2.75, 3.05) is 44.9 Å². The fourth-order valence-electron chi connectivity index (χ4n) is 1.76. The minimum atomic E-state index is -0.0401. The van der Waals surface area contributed by atoms with Crippen LogP contribution in [0.5, 0.6) is 0 Å². The molecule has 0 saturated heterocycles. The van der Waals surface area contributed by atoms with Crippen molar-refractivity contribution in [3.05, 3.63) is 4.88 Å². The standard InChI is InChI=1S/C12H20N4O2S/c1-16(7-8-3-4-8)11(17)9-10(13)15-12(19-9)14-5-6-18-2/h8H,3-7,13H2,1-2H3,(H,14,15). The number of anilines is 2. The SMILES string of the molecule is COCCNc1nc(N)c(C(=O)N(C)CC2CC2)s1. The van der Waals surface area contributed by atoms with E-state index in [2.05, 4.69) is 10.3 Å². The molecule has 1 aromatic rings. The van der Waals surface area contributed by atoms with E-state index in [1.54, 1.807) is 12.0 Å². The van der Waals surface area contributed by atoms with Crippen LogP contribution < -0.4 is 11.1 Å². The third kappa shape index (κ3) is 3.81. The van der Waals surface area contributed by atoms with Gasteiger partial charge in [0.2, 0.25) is 0 Å². The van der Waals surface area contributed by atoms with Crippen LogP contribution in [0.4, 0.5) is 10.9 Å². The number of carbonyl (C=O) groups excluding carboxylic acids is 1. The summed E-state index contributed by atoms with van der Waals surface area (Å²) in [6.07, 6.45) is 2.44. The van der Waals surface area contributed by atoms with E-state index in [-0.39, 0.29) is 5.91 Å². The number of thiazole rings is 1. The summed E-state index contributed by atoms with van der Waals surface area (Å²) in [6.45, 7) is 2.04. The molecule has 1 aromatic heterocycles. The quantitative estimate of drug-likeness (QED) is 0.737. The van der Waals surface area contributed by atoms with Crippen molar-refractivity contribution >= 4 is 28.2 Å². The molecule has 2 rings (SSSR count). The second kappa shape index (κ2) is 6.21. The van der Waals surface area contributed by atoms with Crippen LogP contribution in [0.15, 0.2) is 0 Å². The summed E-state index contributed by atoms with van der Waals surface area (Å²) in [4.78, 5) is 18.7. The van der Waals surface area contributed by atoms with Crippen LogP contribution in [0, 0.1) is 5.92 Å². The van der Waals surface area contributed by atoms with Crippen molar-refractivity contribution in [1.82, 2.24) is 9.88 Å². The summed E-state index contributed by atoms with van der Waals surface area (Å²) in [7, 11) is 3.46. The summed E-state index contributed by atoms with van der Waals surface area (Å²) < 4.78 is 4.94. The van der Waals surface area contributed by atoms with Gasteiger partial charge in [0.1, 0.15) is 10.7 Å². The number of aromatic nitrogens is 1. The highest BCUT2D eigenvalue weighted by Gasteiger charge is 2.27. The maximum Gasteiger partial charge on any atom is 0.267 e. The minimum absolute atomic E-state index is 0.0401. The molecular formula is C12H20N4O2S. The number of nitrogens with two attached hydrogens (primary N) is 1. The van der Waals surface area contributed by atoms with Crippen LogP contribution in [-0.4, -0.2) is 49.6 Å². The average molecular weight is 284 g/mol. The smallest absolute Gasteiger partial charge is 0.267 e. The monoisotopic (exact) mass is 284 g/mol. The van der Waals surface area contributed by atoms with Crippen LogP contribution >= 0.6 is 11.3 Å². The molecule has 7 heteroatoms. The van der Waals surface area contributed by atoms with Crippen molar-refractivity contribution in [2.24, 2.45) is 5.92 Å². The molecule has 1 heterocycles. The fourth-order valence-corrected chi connectivity index (χ4v) is 2.67. The largest absolute Gasteiger partial charge is 0.383 e. The molecule has 0 aliphatic heterocycles. The third-order valence-electron chi connectivity index (χ3n) is 3.01. The Morgan fingerprint density at radius 2 is 2.37 bits per heavy atom. The van der Waals surface area contributed by atoms with Crippen molar-refractivity contribution in [3.8, 4) is 0 Å². The van der Waals surface area contributed by atoms with E-state index in [0.717, 1.165) is 6.54 Å². The Hall–Kier alpha value is -1.34. The number of hydrogen-bond donors (Lipinski definition) is 2. The Labute approximate surface area is 116 Å². The van der Waals surface area contributed by atoms with Gasteiger partial charge in [-0.1, -0.05) is 11.3 Å². The number of rotatable bonds is 7. The number of ether oxygens (including phenoxy) is 1. The maximum absolute atomic E-state index is 12.2. The zero-order valence-electron chi connectivity index (χ0n) is 11.3. The summed E-state index contributed by atoms with van der Waals surface area (Å²) in [6, 6.07) is 0. The van der Waals surface area contributed by atoms with Gasteiger partial charge in [0.25, 0.3) is 5.91 Å². The highest BCUT2D eigenvalue weighted by Crippen LogP contribution is 2.31. The Bertz CT molecular complexity index is 445. The second-order valence-electron chi connectivity index (χ2n) is 4.78. The highest BCUT2D eigenvalue weighted by molar-refractivity contribution is 7.18. The minimum Gasteiger partial charge on any atom is -0.383 e. The van der Waals surface area contributed by atoms with Crippen LogP contribution in [0.25, 0.3) is 0 Å². The number of carbonyl (C=O) groups is 1. The van der Waals surface area contributed by atoms with E-state index < -0.39 is 0 Å². The van der Waals surface area contributed by atoms with Crippen LogP contribution in [-0.2, 0) is 4.74 Å². The number of methoxy groups -OCH3 is 1. The van der Waals surface area contributed by atoms with Gasteiger partial charge in [-0.05, 0) is 18.8 Å². The van der Waals surface area contributed by atoms with Crippen molar-refractivity contribution in [3.63, 3.8) is 0 Å². The van der Waals surface area contributed by atoms with Gasteiger partial charge in [-0.25, -0.2) is 4.98 Å². The van der Waals surface area contributed by atoms with Gasteiger partial charge in [0.15, 0.2) is 5.13 Å². The van der Waals surface area contributed by atoms with Crippen molar-refractivity contribution in [2.45, 2.75) is 12.8 Å². The third-order valence-corrected chi connectivity index (χ3v) is 4.02. The van der Waals surface area contributed by atoms with E-state index in [0.29, 0.717) is 34.9 Å². The molecule has 19 heavy (non-hydrogen) atoms. The topological polar surface area (TPSA) is 80.5 Å². The predicted octanol–water partition coefficient (Wildman–Crippen LogP) is 1.27. The maximum atomic E-state index is 12.2. The summed E-state index contributed by atoms with van der Waals surface area (Å²) in [5, 5.41) is 3.75. The van der Waals surface area contributed by atoms with Crippen molar-refractivity contribution in [1.29, 1.82) is 0 Å². The lowest BCUT2D eigenvalue weighted by atomic mass is 10.3. The molecule has 1 saturated carbocycles. The van der Waals surface area contributed by atoms with Gasteiger partial charge in [0, 0.05) is 27.2 Å². The van der Waals surface area contributed by atoms with E-state index in [9.17, 15) is 4.79 Å². The Morgan fingerprint density at radius 3 is 3.00 bits per heavy atom. The second-order valence-corrected chi connectivity index (χ2v) is 5.78. The van der Waals surface area contributed by atoms with Crippen molar-refractivity contribution < 1.29 is 9.53 Å². The van der Waals surface area contributed by atoms with E-state index in [1.165, 1.54) is 24.2 Å². The molecule has 0 radical (unpaired) electrons. The lowest BCUT2D eigenvalue weighted by Crippen LogP contribution is -2.28. The Kier molecular flexibility index (Phi) is 4.60. The Balaban J connectivity index is 1.96. The normalized spacial score (nSPS) is 14.4. The number of nitrogens with zero attached hydrogens (tertiary/aromatic N) is 2. The molecule has 1 aliphatic carbocycles. The van der Waals surface area contributed by atoms with Gasteiger partial charge in [-0.2, -0.15) is 0 Å². The van der Waals surface area contributed by atoms with Crippen LogP contribution in [0.3, 0.4) is 0 Å². The number of amides is 1. The van der Waals surface area contributed by atoms with Gasteiger partial charge in [-0.3, -0.25) is 4.79 Å². The molecular weight excluding hydrogens is 264 g/mol. The van der Waals surface area contributed by atoms with E-state index in [1.807, 2.05) is 7.05 Å². The molecule has 106 valence electrons. The van der Waals surface area contributed by atoms with Gasteiger partial charge >= 0.3 is 0 Å². The fraction of sp³-hybridized carbons (Fsp3) is 0.667. The first kappa shape index (κ1) is 14.1. The lowest BCUT2D eigenvalue weighted by molar-refractivity contribution is 0.0794. The molecule has 6 nitrogen and oxygen atoms in total. The zero-order chi connectivity index (χ0) is 13.8.